The molecule has 0 radical (unpaired) electrons. The zero-order valence-electron chi connectivity index (χ0n) is 14.9. The van der Waals surface area contributed by atoms with Gasteiger partial charge >= 0.3 is 0 Å². The van der Waals surface area contributed by atoms with Crippen LogP contribution in [-0.2, 0) is 14.4 Å². The van der Waals surface area contributed by atoms with Crippen LogP contribution in [0.4, 0.5) is 5.69 Å². The number of ketones is 1. The van der Waals surface area contributed by atoms with Crippen LogP contribution in [0.2, 0.25) is 0 Å². The van der Waals surface area contributed by atoms with Crippen LogP contribution in [0.5, 0.6) is 0 Å². The molecule has 5 heteroatoms. The Bertz CT molecular complexity index is 834. The number of fused-ring (bicyclic) bond motifs is 5. The molecule has 4 atom stereocenters. The molecule has 0 spiro atoms. The van der Waals surface area contributed by atoms with Gasteiger partial charge in [-0.25, -0.2) is 0 Å². The van der Waals surface area contributed by atoms with Gasteiger partial charge in [-0.15, -0.1) is 0 Å². The molecule has 2 fully saturated rings. The highest BCUT2D eigenvalue weighted by molar-refractivity contribution is 6.12. The van der Waals surface area contributed by atoms with E-state index in [0.29, 0.717) is 0 Å². The first-order valence-corrected chi connectivity index (χ1v) is 8.67. The van der Waals surface area contributed by atoms with Crippen molar-refractivity contribution in [3.05, 3.63) is 35.9 Å². The Morgan fingerprint density at radius 1 is 1.08 bits per heavy atom. The number of hydrogen-bond donors (Lipinski definition) is 1. The first-order chi connectivity index (χ1) is 11.7. The second kappa shape index (κ2) is 5.04. The summed E-state index contributed by atoms with van der Waals surface area (Å²) in [5.41, 5.74) is 2.47. The number of carbonyl (C=O) groups excluding carboxylic acids is 3. The van der Waals surface area contributed by atoms with Gasteiger partial charge in [0.2, 0.25) is 11.8 Å². The second-order valence-corrected chi connectivity index (χ2v) is 8.23. The summed E-state index contributed by atoms with van der Waals surface area (Å²) >= 11 is 0. The molecule has 1 N–H and O–H groups in total. The number of anilines is 1. The molecule has 0 bridgehead atoms. The highest BCUT2D eigenvalue weighted by Gasteiger charge is 2.62. The van der Waals surface area contributed by atoms with Crippen LogP contribution in [0, 0.1) is 17.3 Å². The highest BCUT2D eigenvalue weighted by atomic mass is 16.2. The van der Waals surface area contributed by atoms with Crippen molar-refractivity contribution in [1.82, 2.24) is 5.32 Å². The third-order valence-corrected chi connectivity index (χ3v) is 5.60. The average Bonchev–Trinajstić information content (AvgIpc) is 3.02. The topological polar surface area (TPSA) is 66.5 Å². The van der Waals surface area contributed by atoms with Gasteiger partial charge in [0.1, 0.15) is 6.04 Å². The predicted octanol–water partition coefficient (Wildman–Crippen LogP) is 2.16. The van der Waals surface area contributed by atoms with Gasteiger partial charge in [-0.2, -0.15) is 0 Å². The molecular weight excluding hydrogens is 316 g/mol. The minimum atomic E-state index is -0.626. The van der Waals surface area contributed by atoms with Gasteiger partial charge in [0.05, 0.1) is 17.9 Å². The number of para-hydroxylation sites is 1. The van der Waals surface area contributed by atoms with Crippen LogP contribution in [0.3, 0.4) is 0 Å². The van der Waals surface area contributed by atoms with Crippen molar-refractivity contribution in [2.24, 2.45) is 17.3 Å². The normalized spacial score (nSPS) is 30.4. The van der Waals surface area contributed by atoms with Gasteiger partial charge in [0, 0.05) is 16.7 Å². The molecule has 3 aliphatic heterocycles. The fourth-order valence-electron chi connectivity index (χ4n) is 4.46. The lowest BCUT2D eigenvalue weighted by Crippen LogP contribution is -2.51. The maximum atomic E-state index is 13.3. The summed E-state index contributed by atoms with van der Waals surface area (Å²) < 4.78 is 0. The van der Waals surface area contributed by atoms with Crippen molar-refractivity contribution in [2.45, 2.75) is 39.8 Å². The van der Waals surface area contributed by atoms with E-state index in [0.717, 1.165) is 16.8 Å². The van der Waals surface area contributed by atoms with E-state index in [-0.39, 0.29) is 23.6 Å². The Morgan fingerprint density at radius 2 is 1.72 bits per heavy atom. The molecule has 25 heavy (non-hydrogen) atoms. The van der Waals surface area contributed by atoms with Gasteiger partial charge in [-0.05, 0) is 18.6 Å². The number of nitrogens with zero attached hydrogens (tertiary/aromatic N) is 1. The summed E-state index contributed by atoms with van der Waals surface area (Å²) in [4.78, 5) is 40.2. The summed E-state index contributed by atoms with van der Waals surface area (Å²) in [5.74, 6) is -1.72. The number of Topliss-reactive ketones (excluding diaryl/α,β-unsaturated/α-hetero) is 1. The van der Waals surface area contributed by atoms with E-state index >= 15 is 0 Å². The van der Waals surface area contributed by atoms with Crippen molar-refractivity contribution in [2.75, 3.05) is 4.90 Å². The first-order valence-electron chi connectivity index (χ1n) is 8.67. The SMILES string of the molecule is CC1=C[C@@H]2[C@@H]3C(=O)NC(=O)[C@@H]3[C@H](C(=O)C(C)(C)C)N2c2ccccc21. The molecule has 0 saturated carbocycles. The third kappa shape index (κ3) is 2.11. The number of rotatable bonds is 1. The van der Waals surface area contributed by atoms with Gasteiger partial charge in [-0.3, -0.25) is 19.7 Å². The Morgan fingerprint density at radius 3 is 2.40 bits per heavy atom. The smallest absolute Gasteiger partial charge is 0.233 e. The van der Waals surface area contributed by atoms with Crippen LogP contribution in [-0.4, -0.2) is 29.7 Å². The molecule has 4 rings (SSSR count). The van der Waals surface area contributed by atoms with Crippen molar-refractivity contribution in [3.63, 3.8) is 0 Å². The minimum Gasteiger partial charge on any atom is -0.353 e. The van der Waals surface area contributed by atoms with E-state index in [4.69, 9.17) is 0 Å². The second-order valence-electron chi connectivity index (χ2n) is 8.23. The van der Waals surface area contributed by atoms with Crippen molar-refractivity contribution < 1.29 is 14.4 Å². The van der Waals surface area contributed by atoms with Gasteiger partial charge in [0.25, 0.3) is 0 Å². The molecule has 3 heterocycles. The quantitative estimate of drug-likeness (QED) is 0.797. The third-order valence-electron chi connectivity index (χ3n) is 5.60. The molecule has 0 unspecified atom stereocenters. The summed E-state index contributed by atoms with van der Waals surface area (Å²) in [5, 5.41) is 2.44. The number of carbonyl (C=O) groups is 3. The van der Waals surface area contributed by atoms with E-state index < -0.39 is 23.3 Å². The average molecular weight is 338 g/mol. The van der Waals surface area contributed by atoms with E-state index in [9.17, 15) is 14.4 Å². The largest absolute Gasteiger partial charge is 0.353 e. The molecular formula is C20H22N2O3. The summed E-state index contributed by atoms with van der Waals surface area (Å²) in [6.07, 6.45) is 2.04. The van der Waals surface area contributed by atoms with E-state index in [2.05, 4.69) is 5.32 Å². The van der Waals surface area contributed by atoms with Gasteiger partial charge < -0.3 is 4.90 Å². The van der Waals surface area contributed by atoms with E-state index in [1.165, 1.54) is 0 Å². The number of amides is 2. The number of allylic oxidation sites excluding steroid dienone is 1. The molecule has 0 aliphatic carbocycles. The van der Waals surface area contributed by atoms with Crippen molar-refractivity contribution >= 4 is 28.9 Å². The predicted molar refractivity (Wildman–Crippen MR) is 94.7 cm³/mol. The van der Waals surface area contributed by atoms with E-state index in [1.54, 1.807) is 0 Å². The Kier molecular flexibility index (Phi) is 3.24. The zero-order valence-corrected chi connectivity index (χ0v) is 14.9. The molecule has 1 aromatic carbocycles. The Hall–Kier alpha value is -2.43. The number of nitrogens with one attached hydrogen (secondary N) is 1. The molecule has 130 valence electrons. The molecule has 1 aromatic rings. The van der Waals surface area contributed by atoms with Crippen LogP contribution in [0.25, 0.3) is 5.57 Å². The van der Waals surface area contributed by atoms with Crippen LogP contribution in [0.15, 0.2) is 30.3 Å². The Balaban J connectivity index is 1.93. The summed E-state index contributed by atoms with van der Waals surface area (Å²) in [6, 6.07) is 7.02. The summed E-state index contributed by atoms with van der Waals surface area (Å²) in [6.45, 7) is 7.61. The maximum absolute atomic E-state index is 13.3. The standard InChI is InChI=1S/C20H22N2O3/c1-10-9-13-14-15(19(25)21-18(14)24)16(17(23)20(2,3)4)22(13)12-8-6-5-7-11(10)12/h5-9,13-16H,1-4H3,(H,21,24,25)/t13-,14+,15+,16-/m1/s1. The van der Waals surface area contributed by atoms with Crippen molar-refractivity contribution in [3.8, 4) is 0 Å². The molecule has 0 aromatic heterocycles. The molecule has 5 nitrogen and oxygen atoms in total. The first kappa shape index (κ1) is 16.1. The number of hydrogen-bond acceptors (Lipinski definition) is 4. The molecule has 2 saturated heterocycles. The van der Waals surface area contributed by atoms with Gasteiger partial charge in [0.15, 0.2) is 5.78 Å². The monoisotopic (exact) mass is 338 g/mol. The minimum absolute atomic E-state index is 0.00222. The lowest BCUT2D eigenvalue weighted by Gasteiger charge is -2.39. The number of benzene rings is 1. The zero-order chi connectivity index (χ0) is 18.1. The fraction of sp³-hybridized carbons (Fsp3) is 0.450. The van der Waals surface area contributed by atoms with Crippen LogP contribution >= 0.6 is 0 Å². The number of imide groups is 1. The lowest BCUT2D eigenvalue weighted by atomic mass is 9.79. The fourth-order valence-corrected chi connectivity index (χ4v) is 4.46. The van der Waals surface area contributed by atoms with E-state index in [1.807, 2.05) is 62.9 Å². The lowest BCUT2D eigenvalue weighted by molar-refractivity contribution is -0.132. The van der Waals surface area contributed by atoms with Crippen LogP contribution in [0.1, 0.15) is 33.3 Å². The van der Waals surface area contributed by atoms with Gasteiger partial charge in [-0.1, -0.05) is 45.0 Å². The molecule has 3 aliphatic rings. The summed E-state index contributed by atoms with van der Waals surface area (Å²) in [7, 11) is 0. The Labute approximate surface area is 147 Å². The van der Waals surface area contributed by atoms with Crippen LogP contribution < -0.4 is 10.2 Å². The highest BCUT2D eigenvalue weighted by Crippen LogP contribution is 2.49. The maximum Gasteiger partial charge on any atom is 0.233 e. The molecule has 2 amide bonds. The van der Waals surface area contributed by atoms with Crippen molar-refractivity contribution in [1.29, 1.82) is 0 Å².